The lowest BCUT2D eigenvalue weighted by Gasteiger charge is -2.07. The molecule has 0 fully saturated rings. The molecule has 0 saturated carbocycles. The molecule has 1 aromatic carbocycles. The highest BCUT2D eigenvalue weighted by Gasteiger charge is 2.11. The van der Waals surface area contributed by atoms with Crippen molar-refractivity contribution in [2.75, 3.05) is 0 Å². The van der Waals surface area contributed by atoms with E-state index in [0.717, 1.165) is 28.0 Å². The number of fused-ring (bicyclic) bond motifs is 1. The van der Waals surface area contributed by atoms with Crippen LogP contribution in [0.3, 0.4) is 0 Å². The summed E-state index contributed by atoms with van der Waals surface area (Å²) in [4.78, 5) is 8.84. The van der Waals surface area contributed by atoms with Gasteiger partial charge in [-0.25, -0.2) is 9.50 Å². The van der Waals surface area contributed by atoms with Crippen LogP contribution in [0.4, 0.5) is 0 Å². The van der Waals surface area contributed by atoms with E-state index in [4.69, 9.17) is 5.73 Å². The van der Waals surface area contributed by atoms with Crippen molar-refractivity contribution in [1.29, 1.82) is 0 Å². The second kappa shape index (κ2) is 5.62. The zero-order valence-electron chi connectivity index (χ0n) is 12.4. The van der Waals surface area contributed by atoms with Crippen LogP contribution in [0.5, 0.6) is 0 Å². The molecule has 0 saturated heterocycles. The average molecular weight is 301 g/mol. The van der Waals surface area contributed by atoms with Gasteiger partial charge >= 0.3 is 0 Å². The minimum atomic E-state index is 0.405. The summed E-state index contributed by atoms with van der Waals surface area (Å²) in [6.45, 7) is 0.405. The highest BCUT2D eigenvalue weighted by molar-refractivity contribution is 5.67. The van der Waals surface area contributed by atoms with Gasteiger partial charge in [0.15, 0.2) is 5.82 Å². The molecule has 0 amide bonds. The number of aromatic nitrogens is 4. The number of nitrogens with two attached hydrogens (primary N) is 1. The van der Waals surface area contributed by atoms with Crippen molar-refractivity contribution in [2.45, 2.75) is 6.54 Å². The molecular formula is C18H15N5. The molecule has 5 heteroatoms. The Kier molecular flexibility index (Phi) is 3.33. The second-order valence-corrected chi connectivity index (χ2v) is 5.22. The van der Waals surface area contributed by atoms with E-state index in [-0.39, 0.29) is 0 Å². The van der Waals surface area contributed by atoms with Gasteiger partial charge in [0.1, 0.15) is 5.69 Å². The molecule has 112 valence electrons. The Morgan fingerprint density at radius 2 is 1.78 bits per heavy atom. The van der Waals surface area contributed by atoms with E-state index in [0.29, 0.717) is 12.4 Å². The van der Waals surface area contributed by atoms with E-state index in [2.05, 4.69) is 27.2 Å². The number of pyridine rings is 1. The zero-order chi connectivity index (χ0) is 15.6. The van der Waals surface area contributed by atoms with E-state index in [9.17, 15) is 0 Å². The van der Waals surface area contributed by atoms with E-state index in [1.165, 1.54) is 0 Å². The van der Waals surface area contributed by atoms with Gasteiger partial charge in [-0.3, -0.25) is 4.98 Å². The van der Waals surface area contributed by atoms with Gasteiger partial charge in [-0.15, -0.1) is 5.10 Å². The summed E-state index contributed by atoms with van der Waals surface area (Å²) in [7, 11) is 0. The van der Waals surface area contributed by atoms with Gasteiger partial charge in [0.2, 0.25) is 0 Å². The summed E-state index contributed by atoms with van der Waals surface area (Å²) in [5.74, 6) is 0.576. The van der Waals surface area contributed by atoms with Crippen LogP contribution in [-0.2, 0) is 6.54 Å². The monoisotopic (exact) mass is 301 g/mol. The summed E-state index contributed by atoms with van der Waals surface area (Å²) in [5, 5.41) is 4.68. The first-order valence-corrected chi connectivity index (χ1v) is 7.41. The molecule has 2 N–H and O–H groups in total. The molecule has 4 aromatic rings. The van der Waals surface area contributed by atoms with Gasteiger partial charge in [-0.05, 0) is 23.8 Å². The lowest BCUT2D eigenvalue weighted by atomic mass is 10.2. The summed E-state index contributed by atoms with van der Waals surface area (Å²) < 4.78 is 1.90. The van der Waals surface area contributed by atoms with Crippen molar-refractivity contribution in [1.82, 2.24) is 19.6 Å². The fourth-order valence-corrected chi connectivity index (χ4v) is 2.64. The molecule has 0 unspecified atom stereocenters. The molecule has 0 aliphatic rings. The molecule has 0 spiro atoms. The highest BCUT2D eigenvalue weighted by atomic mass is 15.3. The first-order chi connectivity index (χ1) is 11.4. The Morgan fingerprint density at radius 1 is 0.913 bits per heavy atom. The Bertz CT molecular complexity index is 959. The minimum Gasteiger partial charge on any atom is -0.326 e. The second-order valence-electron chi connectivity index (χ2n) is 5.22. The van der Waals surface area contributed by atoms with Gasteiger partial charge in [0, 0.05) is 18.3 Å². The van der Waals surface area contributed by atoms with Crippen molar-refractivity contribution in [3.8, 4) is 22.8 Å². The van der Waals surface area contributed by atoms with Crippen LogP contribution in [0.15, 0.2) is 67.0 Å². The predicted octanol–water partition coefficient (Wildman–Crippen LogP) is 2.92. The third-order valence-corrected chi connectivity index (χ3v) is 3.79. The molecule has 3 heterocycles. The van der Waals surface area contributed by atoms with E-state index in [1.807, 2.05) is 53.2 Å². The van der Waals surface area contributed by atoms with Crippen molar-refractivity contribution in [3.63, 3.8) is 0 Å². The molecule has 4 rings (SSSR count). The van der Waals surface area contributed by atoms with Crippen LogP contribution in [0.1, 0.15) is 5.56 Å². The maximum Gasteiger partial charge on any atom is 0.199 e. The molecule has 0 aliphatic carbocycles. The summed E-state index contributed by atoms with van der Waals surface area (Å²) >= 11 is 0. The third kappa shape index (κ3) is 2.37. The molecule has 3 aromatic heterocycles. The summed E-state index contributed by atoms with van der Waals surface area (Å²) in [6, 6.07) is 18.0. The normalized spacial score (nSPS) is 11.0. The minimum absolute atomic E-state index is 0.405. The largest absolute Gasteiger partial charge is 0.326 e. The van der Waals surface area contributed by atoms with Gasteiger partial charge in [-0.1, -0.05) is 36.4 Å². The maximum absolute atomic E-state index is 5.80. The van der Waals surface area contributed by atoms with Crippen molar-refractivity contribution >= 4 is 5.52 Å². The predicted molar refractivity (Wildman–Crippen MR) is 89.5 cm³/mol. The maximum atomic E-state index is 5.80. The summed E-state index contributed by atoms with van der Waals surface area (Å²) in [6.07, 6.45) is 3.54. The van der Waals surface area contributed by atoms with E-state index in [1.54, 1.807) is 6.20 Å². The first kappa shape index (κ1) is 13.6. The lowest BCUT2D eigenvalue weighted by Crippen LogP contribution is -2.05. The molecule has 23 heavy (non-hydrogen) atoms. The number of hydrogen-bond acceptors (Lipinski definition) is 4. The first-order valence-electron chi connectivity index (χ1n) is 7.41. The van der Waals surface area contributed by atoms with Gasteiger partial charge < -0.3 is 5.73 Å². The number of nitrogens with zero attached hydrogens (tertiary/aromatic N) is 4. The molecular weight excluding hydrogens is 286 g/mol. The molecule has 0 atom stereocenters. The molecule has 0 aliphatic heterocycles. The molecule has 5 nitrogen and oxygen atoms in total. The Hall–Kier alpha value is -3.05. The lowest BCUT2D eigenvalue weighted by molar-refractivity contribution is 0.906. The summed E-state index contributed by atoms with van der Waals surface area (Å²) in [5.41, 5.74) is 10.5. The van der Waals surface area contributed by atoms with Crippen LogP contribution in [0, 0.1) is 0 Å². The van der Waals surface area contributed by atoms with Crippen LogP contribution >= 0.6 is 0 Å². The van der Waals surface area contributed by atoms with Crippen LogP contribution in [-0.4, -0.2) is 19.6 Å². The highest BCUT2D eigenvalue weighted by Crippen LogP contribution is 2.23. The van der Waals surface area contributed by atoms with Gasteiger partial charge in [0.25, 0.3) is 0 Å². The zero-order valence-corrected chi connectivity index (χ0v) is 12.4. The smallest absolute Gasteiger partial charge is 0.199 e. The topological polar surface area (TPSA) is 69.1 Å². The quantitative estimate of drug-likeness (QED) is 0.631. The average Bonchev–Trinajstić information content (AvgIpc) is 3.05. The van der Waals surface area contributed by atoms with Gasteiger partial charge in [-0.2, -0.15) is 0 Å². The van der Waals surface area contributed by atoms with Crippen molar-refractivity contribution < 1.29 is 0 Å². The van der Waals surface area contributed by atoms with Crippen molar-refractivity contribution in [2.24, 2.45) is 5.73 Å². The molecule has 0 bridgehead atoms. The van der Waals surface area contributed by atoms with Crippen LogP contribution in [0.2, 0.25) is 0 Å². The van der Waals surface area contributed by atoms with E-state index < -0.39 is 0 Å². The Labute approximate surface area is 133 Å². The SMILES string of the molecule is NCc1cccnc1-c1ncc2ccc(-c3ccccc3)n2n1. The Balaban J connectivity index is 1.91. The van der Waals surface area contributed by atoms with E-state index >= 15 is 0 Å². The number of hydrogen-bond donors (Lipinski definition) is 1. The molecule has 0 radical (unpaired) electrons. The van der Waals surface area contributed by atoms with Crippen LogP contribution < -0.4 is 5.73 Å². The van der Waals surface area contributed by atoms with Gasteiger partial charge in [0.05, 0.1) is 17.4 Å². The standard InChI is InChI=1S/C18H15N5/c19-11-14-7-4-10-20-17(14)18-21-12-15-8-9-16(23(15)22-18)13-5-2-1-3-6-13/h1-10,12H,11,19H2. The fourth-order valence-electron chi connectivity index (χ4n) is 2.64. The number of rotatable bonds is 3. The fraction of sp³-hybridized carbons (Fsp3) is 0.0556. The Morgan fingerprint density at radius 3 is 2.61 bits per heavy atom. The van der Waals surface area contributed by atoms with Crippen molar-refractivity contribution in [3.05, 3.63) is 72.6 Å². The third-order valence-electron chi connectivity index (χ3n) is 3.79. The van der Waals surface area contributed by atoms with Crippen LogP contribution in [0.25, 0.3) is 28.3 Å². The number of benzene rings is 1.